The highest BCUT2D eigenvalue weighted by molar-refractivity contribution is 6.33. The van der Waals surface area contributed by atoms with Crippen molar-refractivity contribution in [1.29, 1.82) is 0 Å². The number of benzene rings is 2. The SMILES string of the molecule is Cc1ccc(C2=N/C(=C\c3ccc(-c4ccc([N+](=O)[O-])cc4Cl)o3)C(=O)O2)cc1[N+](=O)[O-]. The van der Waals surface area contributed by atoms with E-state index in [2.05, 4.69) is 4.99 Å². The van der Waals surface area contributed by atoms with Crippen LogP contribution in [-0.2, 0) is 9.53 Å². The van der Waals surface area contributed by atoms with Gasteiger partial charge in [-0.05, 0) is 31.2 Å². The summed E-state index contributed by atoms with van der Waals surface area (Å²) in [6, 6.07) is 11.5. The molecule has 32 heavy (non-hydrogen) atoms. The number of furan rings is 1. The number of carbonyl (C=O) groups excluding carboxylic acids is 1. The molecular weight excluding hydrogens is 442 g/mol. The van der Waals surface area contributed by atoms with E-state index in [1.54, 1.807) is 25.1 Å². The molecule has 160 valence electrons. The van der Waals surface area contributed by atoms with Gasteiger partial charge in [0.2, 0.25) is 5.90 Å². The molecule has 4 rings (SSSR count). The lowest BCUT2D eigenvalue weighted by molar-refractivity contribution is -0.385. The summed E-state index contributed by atoms with van der Waals surface area (Å²) in [5, 5.41) is 22.1. The smallest absolute Gasteiger partial charge is 0.363 e. The molecule has 0 N–H and O–H groups in total. The molecule has 0 atom stereocenters. The summed E-state index contributed by atoms with van der Waals surface area (Å²) in [5.41, 5.74) is 0.865. The van der Waals surface area contributed by atoms with E-state index in [0.29, 0.717) is 16.9 Å². The number of aryl methyl sites for hydroxylation is 1. The van der Waals surface area contributed by atoms with E-state index in [4.69, 9.17) is 20.8 Å². The van der Waals surface area contributed by atoms with Gasteiger partial charge in [-0.15, -0.1) is 0 Å². The average molecular weight is 454 g/mol. The zero-order valence-corrected chi connectivity index (χ0v) is 17.0. The van der Waals surface area contributed by atoms with E-state index in [1.165, 1.54) is 36.4 Å². The molecule has 0 aliphatic carbocycles. The molecule has 2 aromatic carbocycles. The number of nitro groups is 2. The molecule has 0 spiro atoms. The van der Waals surface area contributed by atoms with E-state index in [1.807, 2.05) is 0 Å². The number of nitro benzene ring substituents is 2. The van der Waals surface area contributed by atoms with Crippen LogP contribution in [0.15, 0.2) is 63.6 Å². The number of esters is 1. The minimum atomic E-state index is -0.741. The maximum absolute atomic E-state index is 12.2. The highest BCUT2D eigenvalue weighted by Crippen LogP contribution is 2.33. The number of aliphatic imine (C=N–C) groups is 1. The molecule has 1 aliphatic heterocycles. The Labute approximate surface area is 184 Å². The van der Waals surface area contributed by atoms with Crippen molar-refractivity contribution in [3.05, 3.63) is 96.4 Å². The molecule has 0 unspecified atom stereocenters. The minimum absolute atomic E-state index is 0.0566. The van der Waals surface area contributed by atoms with Crippen molar-refractivity contribution in [2.75, 3.05) is 0 Å². The van der Waals surface area contributed by atoms with Gasteiger partial charge >= 0.3 is 5.97 Å². The van der Waals surface area contributed by atoms with Gasteiger partial charge in [0, 0.05) is 41.0 Å². The molecule has 0 amide bonds. The average Bonchev–Trinajstić information content (AvgIpc) is 3.35. The lowest BCUT2D eigenvalue weighted by Gasteiger charge is -2.01. The third-order valence-electron chi connectivity index (χ3n) is 4.61. The number of nitrogens with zero attached hydrogens (tertiary/aromatic N) is 3. The molecule has 1 aliphatic rings. The maximum Gasteiger partial charge on any atom is 0.363 e. The number of carbonyl (C=O) groups is 1. The summed E-state index contributed by atoms with van der Waals surface area (Å²) in [4.78, 5) is 37.2. The van der Waals surface area contributed by atoms with Crippen LogP contribution in [0.2, 0.25) is 5.02 Å². The van der Waals surface area contributed by atoms with Crippen molar-refractivity contribution in [3.63, 3.8) is 0 Å². The molecule has 0 saturated heterocycles. The van der Waals surface area contributed by atoms with E-state index in [-0.39, 0.29) is 39.3 Å². The predicted molar refractivity (Wildman–Crippen MR) is 114 cm³/mol. The Morgan fingerprint density at radius 2 is 1.81 bits per heavy atom. The molecule has 2 heterocycles. The quantitative estimate of drug-likeness (QED) is 0.227. The topological polar surface area (TPSA) is 138 Å². The number of halogens is 1. The highest BCUT2D eigenvalue weighted by Gasteiger charge is 2.26. The normalized spacial score (nSPS) is 14.4. The van der Waals surface area contributed by atoms with E-state index >= 15 is 0 Å². The molecule has 0 saturated carbocycles. The van der Waals surface area contributed by atoms with Crippen LogP contribution in [-0.4, -0.2) is 21.7 Å². The molecule has 11 heteroatoms. The number of non-ortho nitro benzene ring substituents is 1. The van der Waals surface area contributed by atoms with Gasteiger partial charge in [-0.25, -0.2) is 9.79 Å². The highest BCUT2D eigenvalue weighted by atomic mass is 35.5. The second kappa shape index (κ2) is 8.08. The number of hydrogen-bond donors (Lipinski definition) is 0. The molecule has 3 aromatic rings. The van der Waals surface area contributed by atoms with Crippen LogP contribution in [0.1, 0.15) is 16.9 Å². The summed E-state index contributed by atoms with van der Waals surface area (Å²) in [6.45, 7) is 1.60. The standard InChI is InChI=1S/C21H12ClN3O7/c1-11-2-3-12(8-18(11)25(29)30)20-23-17(21(26)32-20)10-14-5-7-19(31-14)15-6-4-13(24(27)28)9-16(15)22/h2-10H,1H3/b17-10-. The van der Waals surface area contributed by atoms with Gasteiger partial charge in [0.15, 0.2) is 5.70 Å². The van der Waals surface area contributed by atoms with Gasteiger partial charge in [0.25, 0.3) is 11.4 Å². The lowest BCUT2D eigenvalue weighted by Crippen LogP contribution is -2.06. The van der Waals surface area contributed by atoms with Gasteiger partial charge in [-0.2, -0.15) is 0 Å². The first-order chi connectivity index (χ1) is 15.2. The molecular formula is C21H12ClN3O7. The fraction of sp³-hybridized carbons (Fsp3) is 0.0476. The Morgan fingerprint density at radius 3 is 2.50 bits per heavy atom. The fourth-order valence-electron chi connectivity index (χ4n) is 3.00. The fourth-order valence-corrected chi connectivity index (χ4v) is 3.27. The van der Waals surface area contributed by atoms with E-state index in [0.717, 1.165) is 0 Å². The molecule has 10 nitrogen and oxygen atoms in total. The first-order valence-electron chi connectivity index (χ1n) is 9.05. The second-order valence-corrected chi connectivity index (χ2v) is 7.12. The van der Waals surface area contributed by atoms with Crippen molar-refractivity contribution < 1.29 is 23.8 Å². The van der Waals surface area contributed by atoms with Crippen LogP contribution < -0.4 is 0 Å². The van der Waals surface area contributed by atoms with Crippen LogP contribution >= 0.6 is 11.6 Å². The summed E-state index contributed by atoms with van der Waals surface area (Å²) in [6.07, 6.45) is 1.35. The molecule has 0 fully saturated rings. The largest absolute Gasteiger partial charge is 0.457 e. The number of cyclic esters (lactones) is 1. The Morgan fingerprint density at radius 1 is 1.03 bits per heavy atom. The summed E-state index contributed by atoms with van der Waals surface area (Å²) < 4.78 is 10.8. The Bertz CT molecular complexity index is 1360. The Hall–Kier alpha value is -4.31. The van der Waals surface area contributed by atoms with E-state index < -0.39 is 15.8 Å². The summed E-state index contributed by atoms with van der Waals surface area (Å²) >= 11 is 6.12. The van der Waals surface area contributed by atoms with Gasteiger partial charge in [0.05, 0.1) is 14.9 Å². The first kappa shape index (κ1) is 20.9. The molecule has 0 bridgehead atoms. The van der Waals surface area contributed by atoms with Crippen molar-refractivity contribution in [2.24, 2.45) is 4.99 Å². The Kier molecular flexibility index (Phi) is 5.29. The van der Waals surface area contributed by atoms with Crippen molar-refractivity contribution in [2.45, 2.75) is 6.92 Å². The van der Waals surface area contributed by atoms with Crippen LogP contribution in [0.25, 0.3) is 17.4 Å². The van der Waals surface area contributed by atoms with E-state index in [9.17, 15) is 25.0 Å². The summed E-state index contributed by atoms with van der Waals surface area (Å²) in [5.74, 6) is -0.202. The van der Waals surface area contributed by atoms with Crippen LogP contribution in [0.4, 0.5) is 11.4 Å². The van der Waals surface area contributed by atoms with Gasteiger partial charge in [-0.3, -0.25) is 20.2 Å². The predicted octanol–water partition coefficient (Wildman–Crippen LogP) is 5.07. The molecule has 1 aromatic heterocycles. The third kappa shape index (κ3) is 3.98. The van der Waals surface area contributed by atoms with Crippen LogP contribution in [0.3, 0.4) is 0 Å². The number of ether oxygens (including phenoxy) is 1. The minimum Gasteiger partial charge on any atom is -0.457 e. The Balaban J connectivity index is 1.63. The molecule has 0 radical (unpaired) electrons. The van der Waals surface area contributed by atoms with Crippen molar-refractivity contribution >= 4 is 40.9 Å². The zero-order valence-electron chi connectivity index (χ0n) is 16.3. The van der Waals surface area contributed by atoms with Gasteiger partial charge in [0.1, 0.15) is 11.5 Å². The monoisotopic (exact) mass is 453 g/mol. The number of rotatable bonds is 5. The second-order valence-electron chi connectivity index (χ2n) is 6.72. The summed E-state index contributed by atoms with van der Waals surface area (Å²) in [7, 11) is 0. The van der Waals surface area contributed by atoms with Crippen LogP contribution in [0.5, 0.6) is 0 Å². The third-order valence-corrected chi connectivity index (χ3v) is 4.92. The first-order valence-corrected chi connectivity index (χ1v) is 9.43. The number of hydrogen-bond acceptors (Lipinski definition) is 8. The van der Waals surface area contributed by atoms with Crippen LogP contribution in [0, 0.1) is 27.2 Å². The zero-order chi connectivity index (χ0) is 23.0. The lowest BCUT2D eigenvalue weighted by atomic mass is 10.1. The van der Waals surface area contributed by atoms with Gasteiger partial charge < -0.3 is 9.15 Å². The van der Waals surface area contributed by atoms with Crippen molar-refractivity contribution in [1.82, 2.24) is 0 Å². The van der Waals surface area contributed by atoms with Gasteiger partial charge in [-0.1, -0.05) is 17.7 Å². The maximum atomic E-state index is 12.2. The van der Waals surface area contributed by atoms with Crippen molar-refractivity contribution in [3.8, 4) is 11.3 Å².